The van der Waals surface area contributed by atoms with Gasteiger partial charge in [0.1, 0.15) is 0 Å². The number of hydrogen-bond donors (Lipinski definition) is 2. The summed E-state index contributed by atoms with van der Waals surface area (Å²) in [5.41, 5.74) is 1.73. The lowest BCUT2D eigenvalue weighted by Gasteiger charge is -2.15. The van der Waals surface area contributed by atoms with E-state index in [1.165, 1.54) is 12.1 Å². The molecule has 1 aromatic carbocycles. The Bertz CT molecular complexity index is 375. The van der Waals surface area contributed by atoms with Crippen LogP contribution in [0.2, 0.25) is 0 Å². The summed E-state index contributed by atoms with van der Waals surface area (Å²) in [5.74, 6) is 0. The Morgan fingerprint density at radius 3 is 2.53 bits per heavy atom. The van der Waals surface area contributed by atoms with Gasteiger partial charge in [-0.2, -0.15) is 13.2 Å². The standard InChI is InChI=1S/C10H10F3NO/c11-10(12,13)9(15)6-1-2-7-4-14-5-8(7)3-6/h1-3,9,14-15H,4-5H2. The third-order valence-corrected chi connectivity index (χ3v) is 2.49. The van der Waals surface area contributed by atoms with Crippen molar-refractivity contribution in [3.8, 4) is 0 Å². The number of alkyl halides is 3. The van der Waals surface area contributed by atoms with Crippen LogP contribution in [0, 0.1) is 0 Å². The zero-order chi connectivity index (χ0) is 11.1. The Morgan fingerprint density at radius 2 is 1.87 bits per heavy atom. The van der Waals surface area contributed by atoms with Gasteiger partial charge in [-0.1, -0.05) is 18.2 Å². The number of fused-ring (bicyclic) bond motifs is 1. The number of rotatable bonds is 1. The van der Waals surface area contributed by atoms with Crippen LogP contribution < -0.4 is 5.32 Å². The molecule has 1 aromatic rings. The fourth-order valence-corrected chi connectivity index (χ4v) is 1.67. The second-order valence-electron chi connectivity index (χ2n) is 3.58. The number of aliphatic hydroxyl groups excluding tert-OH is 1. The first-order valence-electron chi connectivity index (χ1n) is 4.55. The summed E-state index contributed by atoms with van der Waals surface area (Å²) in [6.07, 6.45) is -6.98. The van der Waals surface area contributed by atoms with Crippen molar-refractivity contribution in [3.05, 3.63) is 34.9 Å². The molecule has 1 aliphatic rings. The van der Waals surface area contributed by atoms with Crippen LogP contribution in [0.3, 0.4) is 0 Å². The minimum Gasteiger partial charge on any atom is -0.379 e. The average molecular weight is 217 g/mol. The van der Waals surface area contributed by atoms with Crippen LogP contribution in [0.5, 0.6) is 0 Å². The zero-order valence-corrected chi connectivity index (χ0v) is 7.80. The van der Waals surface area contributed by atoms with Gasteiger partial charge in [0, 0.05) is 13.1 Å². The Morgan fingerprint density at radius 1 is 1.20 bits per heavy atom. The molecular formula is C10H10F3NO. The molecule has 0 aliphatic carbocycles. The van der Waals surface area contributed by atoms with Crippen molar-refractivity contribution in [1.82, 2.24) is 5.32 Å². The number of nitrogens with one attached hydrogen (secondary N) is 1. The van der Waals surface area contributed by atoms with E-state index in [9.17, 15) is 13.2 Å². The largest absolute Gasteiger partial charge is 0.418 e. The van der Waals surface area contributed by atoms with Crippen LogP contribution in [0.15, 0.2) is 18.2 Å². The van der Waals surface area contributed by atoms with Crippen LogP contribution in [-0.4, -0.2) is 11.3 Å². The predicted octanol–water partition coefficient (Wildman–Crippen LogP) is 1.89. The lowest BCUT2D eigenvalue weighted by molar-refractivity contribution is -0.206. The molecule has 0 amide bonds. The molecule has 2 rings (SSSR count). The number of benzene rings is 1. The van der Waals surface area contributed by atoms with E-state index in [0.717, 1.165) is 11.1 Å². The van der Waals surface area contributed by atoms with Gasteiger partial charge in [0.05, 0.1) is 0 Å². The molecule has 2 nitrogen and oxygen atoms in total. The molecule has 2 N–H and O–H groups in total. The molecule has 0 aromatic heterocycles. The SMILES string of the molecule is OC(c1ccc2c(c1)CNC2)C(F)(F)F. The van der Waals surface area contributed by atoms with Crippen LogP contribution >= 0.6 is 0 Å². The summed E-state index contributed by atoms with van der Waals surface area (Å²) in [5, 5.41) is 12.1. The summed E-state index contributed by atoms with van der Waals surface area (Å²) in [4.78, 5) is 0. The molecule has 1 unspecified atom stereocenters. The summed E-state index contributed by atoms with van der Waals surface area (Å²) >= 11 is 0. The number of hydrogen-bond acceptors (Lipinski definition) is 2. The van der Waals surface area contributed by atoms with Crippen molar-refractivity contribution >= 4 is 0 Å². The van der Waals surface area contributed by atoms with Crippen molar-refractivity contribution in [2.45, 2.75) is 25.4 Å². The topological polar surface area (TPSA) is 32.3 Å². The molecule has 0 fully saturated rings. The summed E-state index contributed by atoms with van der Waals surface area (Å²) in [6.45, 7) is 1.24. The highest BCUT2D eigenvalue weighted by Gasteiger charge is 2.39. The molecule has 1 heterocycles. The van der Waals surface area contributed by atoms with Gasteiger partial charge in [0.25, 0.3) is 0 Å². The molecule has 0 bridgehead atoms. The van der Waals surface area contributed by atoms with Crippen LogP contribution in [0.4, 0.5) is 13.2 Å². The Hall–Kier alpha value is -1.07. The molecular weight excluding hydrogens is 207 g/mol. The first-order chi connectivity index (χ1) is 6.98. The van der Waals surface area contributed by atoms with E-state index in [-0.39, 0.29) is 5.56 Å². The molecule has 82 valence electrons. The van der Waals surface area contributed by atoms with Crippen molar-refractivity contribution < 1.29 is 18.3 Å². The maximum Gasteiger partial charge on any atom is 0.418 e. The molecule has 0 radical (unpaired) electrons. The van der Waals surface area contributed by atoms with Gasteiger partial charge in [-0.25, -0.2) is 0 Å². The van der Waals surface area contributed by atoms with Crippen molar-refractivity contribution in [1.29, 1.82) is 0 Å². The normalized spacial score (nSPS) is 17.6. The monoisotopic (exact) mass is 217 g/mol. The third-order valence-electron chi connectivity index (χ3n) is 2.49. The van der Waals surface area contributed by atoms with Crippen molar-refractivity contribution in [2.75, 3.05) is 0 Å². The third kappa shape index (κ3) is 1.98. The summed E-state index contributed by atoms with van der Waals surface area (Å²) < 4.78 is 36.7. The van der Waals surface area contributed by atoms with Gasteiger partial charge in [0.15, 0.2) is 6.10 Å². The second kappa shape index (κ2) is 3.50. The first-order valence-corrected chi connectivity index (χ1v) is 4.55. The molecule has 0 saturated heterocycles. The second-order valence-corrected chi connectivity index (χ2v) is 3.58. The van der Waals surface area contributed by atoms with Gasteiger partial charge in [0.2, 0.25) is 0 Å². The smallest absolute Gasteiger partial charge is 0.379 e. The van der Waals surface area contributed by atoms with Crippen LogP contribution in [0.25, 0.3) is 0 Å². The maximum atomic E-state index is 12.2. The van der Waals surface area contributed by atoms with E-state index in [1.807, 2.05) is 0 Å². The first kappa shape index (κ1) is 10.4. The quantitative estimate of drug-likeness (QED) is 0.752. The highest BCUT2D eigenvalue weighted by molar-refractivity contribution is 5.35. The predicted molar refractivity (Wildman–Crippen MR) is 48.0 cm³/mol. The van der Waals surface area contributed by atoms with E-state index in [4.69, 9.17) is 5.11 Å². The summed E-state index contributed by atoms with van der Waals surface area (Å²) in [7, 11) is 0. The van der Waals surface area contributed by atoms with Gasteiger partial charge < -0.3 is 10.4 Å². The van der Waals surface area contributed by atoms with E-state index in [1.54, 1.807) is 6.07 Å². The minimum atomic E-state index is -4.60. The van der Waals surface area contributed by atoms with E-state index in [2.05, 4.69) is 5.32 Å². The molecule has 1 aliphatic heterocycles. The Kier molecular flexibility index (Phi) is 2.44. The highest BCUT2D eigenvalue weighted by Crippen LogP contribution is 2.33. The van der Waals surface area contributed by atoms with Crippen molar-refractivity contribution in [3.63, 3.8) is 0 Å². The van der Waals surface area contributed by atoms with Crippen LogP contribution in [0.1, 0.15) is 22.8 Å². The van der Waals surface area contributed by atoms with E-state index >= 15 is 0 Å². The fourth-order valence-electron chi connectivity index (χ4n) is 1.67. The molecule has 1 atom stereocenters. The van der Waals surface area contributed by atoms with E-state index < -0.39 is 12.3 Å². The fraction of sp³-hybridized carbons (Fsp3) is 0.400. The Balaban J connectivity index is 2.31. The minimum absolute atomic E-state index is 0.0926. The average Bonchev–Trinajstić information content (AvgIpc) is 2.61. The maximum absolute atomic E-state index is 12.2. The number of halogens is 3. The number of aliphatic hydroxyl groups is 1. The Labute approximate surface area is 84.7 Å². The van der Waals surface area contributed by atoms with Gasteiger partial charge in [-0.05, 0) is 16.7 Å². The van der Waals surface area contributed by atoms with Gasteiger partial charge in [-0.15, -0.1) is 0 Å². The zero-order valence-electron chi connectivity index (χ0n) is 7.80. The molecule has 0 saturated carbocycles. The van der Waals surface area contributed by atoms with Gasteiger partial charge in [-0.3, -0.25) is 0 Å². The van der Waals surface area contributed by atoms with Crippen molar-refractivity contribution in [2.24, 2.45) is 0 Å². The van der Waals surface area contributed by atoms with Crippen LogP contribution in [-0.2, 0) is 13.1 Å². The lowest BCUT2D eigenvalue weighted by Crippen LogP contribution is -2.20. The summed E-state index contributed by atoms with van der Waals surface area (Å²) in [6, 6.07) is 4.36. The highest BCUT2D eigenvalue weighted by atomic mass is 19.4. The lowest BCUT2D eigenvalue weighted by atomic mass is 10.0. The molecule has 5 heteroatoms. The van der Waals surface area contributed by atoms with E-state index in [0.29, 0.717) is 13.1 Å². The molecule has 0 spiro atoms. The van der Waals surface area contributed by atoms with Gasteiger partial charge >= 0.3 is 6.18 Å². The molecule has 15 heavy (non-hydrogen) atoms.